The summed E-state index contributed by atoms with van der Waals surface area (Å²) < 4.78 is 1.53. The lowest BCUT2D eigenvalue weighted by Crippen LogP contribution is -2.38. The molecular formula is C8H14N4O. The molecular weight excluding hydrogens is 168 g/mol. The molecule has 1 amide bonds. The van der Waals surface area contributed by atoms with E-state index in [2.05, 4.69) is 10.4 Å². The zero-order valence-electron chi connectivity index (χ0n) is 7.82. The highest BCUT2D eigenvalue weighted by atomic mass is 16.2. The van der Waals surface area contributed by atoms with Gasteiger partial charge in [-0.3, -0.25) is 9.48 Å². The summed E-state index contributed by atoms with van der Waals surface area (Å²) in [5, 5.41) is 6.64. The van der Waals surface area contributed by atoms with E-state index >= 15 is 0 Å². The van der Waals surface area contributed by atoms with Crippen LogP contribution < -0.4 is 11.1 Å². The second-order valence-electron chi connectivity index (χ2n) is 2.95. The molecule has 1 unspecified atom stereocenters. The lowest BCUT2D eigenvalue weighted by Gasteiger charge is -2.10. The van der Waals surface area contributed by atoms with E-state index in [9.17, 15) is 4.79 Å². The van der Waals surface area contributed by atoms with Crippen LogP contribution in [-0.2, 0) is 7.05 Å². The van der Waals surface area contributed by atoms with Crippen LogP contribution in [0.15, 0.2) is 12.3 Å². The first-order chi connectivity index (χ1) is 6.15. The molecule has 5 nitrogen and oxygen atoms in total. The van der Waals surface area contributed by atoms with Gasteiger partial charge < -0.3 is 11.1 Å². The van der Waals surface area contributed by atoms with E-state index in [1.165, 1.54) is 4.68 Å². The van der Waals surface area contributed by atoms with Crippen molar-refractivity contribution in [2.24, 2.45) is 12.8 Å². The molecule has 0 aromatic carbocycles. The SMILES string of the molecule is CC(CN)NC(=O)c1ccnn1C. The Kier molecular flexibility index (Phi) is 3.02. The summed E-state index contributed by atoms with van der Waals surface area (Å²) in [6.45, 7) is 2.29. The van der Waals surface area contributed by atoms with Gasteiger partial charge in [0.2, 0.25) is 0 Å². The van der Waals surface area contributed by atoms with Crippen LogP contribution in [0.2, 0.25) is 0 Å². The Morgan fingerprint density at radius 2 is 2.54 bits per heavy atom. The average molecular weight is 182 g/mol. The minimum absolute atomic E-state index is 0.0117. The van der Waals surface area contributed by atoms with Gasteiger partial charge in [0.25, 0.3) is 5.91 Å². The first kappa shape index (κ1) is 9.73. The summed E-state index contributed by atoms with van der Waals surface area (Å²) in [6.07, 6.45) is 1.59. The van der Waals surface area contributed by atoms with E-state index in [-0.39, 0.29) is 11.9 Å². The van der Waals surface area contributed by atoms with Crippen LogP contribution in [0.5, 0.6) is 0 Å². The summed E-state index contributed by atoms with van der Waals surface area (Å²) in [4.78, 5) is 11.5. The van der Waals surface area contributed by atoms with E-state index in [1.54, 1.807) is 19.3 Å². The van der Waals surface area contributed by atoms with Gasteiger partial charge in [0.15, 0.2) is 0 Å². The molecule has 0 aliphatic rings. The Morgan fingerprint density at radius 3 is 3.00 bits per heavy atom. The van der Waals surface area contributed by atoms with Gasteiger partial charge in [-0.1, -0.05) is 0 Å². The number of rotatable bonds is 3. The number of nitrogens with zero attached hydrogens (tertiary/aromatic N) is 2. The Labute approximate surface area is 76.9 Å². The summed E-state index contributed by atoms with van der Waals surface area (Å²) in [6, 6.07) is 1.65. The van der Waals surface area contributed by atoms with Crippen molar-refractivity contribution in [2.45, 2.75) is 13.0 Å². The van der Waals surface area contributed by atoms with E-state index < -0.39 is 0 Å². The van der Waals surface area contributed by atoms with Crippen LogP contribution in [0.1, 0.15) is 17.4 Å². The van der Waals surface area contributed by atoms with Crippen molar-refractivity contribution in [3.63, 3.8) is 0 Å². The maximum atomic E-state index is 11.5. The molecule has 1 heterocycles. The zero-order valence-corrected chi connectivity index (χ0v) is 7.82. The molecule has 0 saturated heterocycles. The van der Waals surface area contributed by atoms with E-state index in [0.29, 0.717) is 12.2 Å². The molecule has 13 heavy (non-hydrogen) atoms. The second-order valence-corrected chi connectivity index (χ2v) is 2.95. The second kappa shape index (κ2) is 4.04. The number of nitrogens with one attached hydrogen (secondary N) is 1. The highest BCUT2D eigenvalue weighted by molar-refractivity contribution is 5.92. The van der Waals surface area contributed by atoms with Gasteiger partial charge in [-0.15, -0.1) is 0 Å². The summed E-state index contributed by atoms with van der Waals surface area (Å²) in [7, 11) is 1.72. The largest absolute Gasteiger partial charge is 0.347 e. The molecule has 0 saturated carbocycles. The molecule has 0 bridgehead atoms. The average Bonchev–Trinajstić information content (AvgIpc) is 2.51. The number of amides is 1. The van der Waals surface area contributed by atoms with Crippen molar-refractivity contribution in [1.82, 2.24) is 15.1 Å². The third kappa shape index (κ3) is 2.29. The normalized spacial score (nSPS) is 12.5. The van der Waals surface area contributed by atoms with Crippen molar-refractivity contribution >= 4 is 5.91 Å². The van der Waals surface area contributed by atoms with Crippen molar-refractivity contribution in [1.29, 1.82) is 0 Å². The number of hydrogen-bond donors (Lipinski definition) is 2. The van der Waals surface area contributed by atoms with Crippen LogP contribution in [0.4, 0.5) is 0 Å². The smallest absolute Gasteiger partial charge is 0.269 e. The van der Waals surface area contributed by atoms with Crippen molar-refractivity contribution < 1.29 is 4.79 Å². The van der Waals surface area contributed by atoms with Crippen LogP contribution >= 0.6 is 0 Å². The predicted octanol–water partition coefficient (Wildman–Crippen LogP) is -0.503. The molecule has 3 N–H and O–H groups in total. The van der Waals surface area contributed by atoms with Gasteiger partial charge in [0.05, 0.1) is 0 Å². The maximum Gasteiger partial charge on any atom is 0.269 e. The molecule has 1 aromatic rings. The van der Waals surface area contributed by atoms with Gasteiger partial charge in [-0.05, 0) is 13.0 Å². The summed E-state index contributed by atoms with van der Waals surface area (Å²) in [5.74, 6) is -0.141. The fraction of sp³-hybridized carbons (Fsp3) is 0.500. The van der Waals surface area contributed by atoms with Gasteiger partial charge >= 0.3 is 0 Å². The predicted molar refractivity (Wildman–Crippen MR) is 49.2 cm³/mol. The molecule has 0 spiro atoms. The molecule has 0 aliphatic heterocycles. The van der Waals surface area contributed by atoms with E-state index in [0.717, 1.165) is 0 Å². The number of carbonyl (C=O) groups is 1. The van der Waals surface area contributed by atoms with Crippen LogP contribution in [0.3, 0.4) is 0 Å². The summed E-state index contributed by atoms with van der Waals surface area (Å²) in [5.41, 5.74) is 5.92. The monoisotopic (exact) mass is 182 g/mol. The molecule has 0 fully saturated rings. The number of aromatic nitrogens is 2. The molecule has 0 aliphatic carbocycles. The van der Waals surface area contributed by atoms with Gasteiger partial charge in [-0.25, -0.2) is 0 Å². The first-order valence-corrected chi connectivity index (χ1v) is 4.14. The molecule has 0 radical (unpaired) electrons. The Morgan fingerprint density at radius 1 is 1.85 bits per heavy atom. The standard InChI is InChI=1S/C8H14N4O/c1-6(5-9)11-8(13)7-3-4-10-12(7)2/h3-4,6H,5,9H2,1-2H3,(H,11,13). The van der Waals surface area contributed by atoms with Gasteiger partial charge in [-0.2, -0.15) is 5.10 Å². The molecule has 5 heteroatoms. The third-order valence-corrected chi connectivity index (χ3v) is 1.78. The Hall–Kier alpha value is -1.36. The minimum Gasteiger partial charge on any atom is -0.347 e. The first-order valence-electron chi connectivity index (χ1n) is 4.14. The molecule has 72 valence electrons. The van der Waals surface area contributed by atoms with Crippen molar-refractivity contribution in [3.8, 4) is 0 Å². The molecule has 1 aromatic heterocycles. The maximum absolute atomic E-state index is 11.5. The van der Waals surface area contributed by atoms with Crippen LogP contribution in [-0.4, -0.2) is 28.3 Å². The fourth-order valence-corrected chi connectivity index (χ4v) is 0.953. The fourth-order valence-electron chi connectivity index (χ4n) is 0.953. The third-order valence-electron chi connectivity index (χ3n) is 1.78. The topological polar surface area (TPSA) is 72.9 Å². The zero-order chi connectivity index (χ0) is 9.84. The van der Waals surface area contributed by atoms with Crippen molar-refractivity contribution in [2.75, 3.05) is 6.54 Å². The number of nitrogens with two attached hydrogens (primary N) is 1. The highest BCUT2D eigenvalue weighted by Crippen LogP contribution is 1.96. The van der Waals surface area contributed by atoms with Crippen LogP contribution in [0.25, 0.3) is 0 Å². The minimum atomic E-state index is -0.141. The van der Waals surface area contributed by atoms with E-state index in [4.69, 9.17) is 5.73 Å². The Bertz CT molecular complexity index is 294. The van der Waals surface area contributed by atoms with Crippen LogP contribution in [0, 0.1) is 0 Å². The molecule has 1 atom stereocenters. The Balaban J connectivity index is 2.64. The van der Waals surface area contributed by atoms with E-state index in [1.807, 2.05) is 6.92 Å². The lowest BCUT2D eigenvalue weighted by atomic mass is 10.3. The van der Waals surface area contributed by atoms with Crippen molar-refractivity contribution in [3.05, 3.63) is 18.0 Å². The van der Waals surface area contributed by atoms with Gasteiger partial charge in [0.1, 0.15) is 5.69 Å². The summed E-state index contributed by atoms with van der Waals surface area (Å²) >= 11 is 0. The number of aryl methyl sites for hydroxylation is 1. The highest BCUT2D eigenvalue weighted by Gasteiger charge is 2.11. The molecule has 1 rings (SSSR count). The van der Waals surface area contributed by atoms with Gasteiger partial charge in [0, 0.05) is 25.8 Å². The quantitative estimate of drug-likeness (QED) is 0.661. The lowest BCUT2D eigenvalue weighted by molar-refractivity contribution is 0.0932. The number of carbonyl (C=O) groups excluding carboxylic acids is 1. The number of hydrogen-bond acceptors (Lipinski definition) is 3.